The minimum absolute atomic E-state index is 0.00995. The molecule has 0 aromatic carbocycles. The average Bonchev–Trinajstić information content (AvgIpc) is 3.16. The van der Waals surface area contributed by atoms with Crippen molar-refractivity contribution >= 4 is 18.2 Å². The van der Waals surface area contributed by atoms with Gasteiger partial charge in [-0.3, -0.25) is 9.59 Å². The number of anilines is 1. The third-order valence-corrected chi connectivity index (χ3v) is 3.84. The van der Waals surface area contributed by atoms with Crippen molar-refractivity contribution in [2.24, 2.45) is 5.73 Å². The molecule has 0 unspecified atom stereocenters. The number of aliphatic hydroxyl groups is 1. The Bertz CT molecular complexity index is 776. The minimum atomic E-state index is -0.475. The van der Waals surface area contributed by atoms with Crippen molar-refractivity contribution in [1.29, 1.82) is 0 Å². The third kappa shape index (κ3) is 4.54. The normalized spacial score (nSPS) is 12.3. The predicted molar refractivity (Wildman–Crippen MR) is 93.5 cm³/mol. The van der Waals surface area contributed by atoms with Crippen LogP contribution >= 0.6 is 0 Å². The summed E-state index contributed by atoms with van der Waals surface area (Å²) in [6.45, 7) is 1.27. The van der Waals surface area contributed by atoms with E-state index in [0.29, 0.717) is 30.3 Å². The summed E-state index contributed by atoms with van der Waals surface area (Å²) in [5.74, 6) is 1.45. The molecular weight excluding hydrogens is 340 g/mol. The summed E-state index contributed by atoms with van der Waals surface area (Å²) in [5, 5.41) is 20.3. The number of hydrogen-bond donors (Lipinski definition) is 3. The summed E-state index contributed by atoms with van der Waals surface area (Å²) >= 11 is 0. The van der Waals surface area contributed by atoms with Crippen molar-refractivity contribution in [3.8, 4) is 11.5 Å². The first-order valence-electron chi connectivity index (χ1n) is 8.12. The standard InChI is InChI=1S/C15H20N6O2.CH2O2/c1-20-7-5-10-3-4-11(17-14(10)20)15-18-13(9-12(16)23)19-21(15)6-2-8-22;2-1-3/h3-4,22H,2,5-9H2,1H3,(H2,16,23);1H,(H,2,3). The van der Waals surface area contributed by atoms with Gasteiger partial charge in [-0.1, -0.05) is 6.07 Å². The topological polar surface area (TPSA) is 147 Å². The van der Waals surface area contributed by atoms with Gasteiger partial charge in [0.2, 0.25) is 5.91 Å². The first-order valence-corrected chi connectivity index (χ1v) is 8.12. The van der Waals surface area contributed by atoms with Gasteiger partial charge < -0.3 is 20.8 Å². The van der Waals surface area contributed by atoms with Gasteiger partial charge in [-0.15, -0.1) is 0 Å². The van der Waals surface area contributed by atoms with Crippen molar-refractivity contribution in [2.75, 3.05) is 25.1 Å². The predicted octanol–water partition coefficient (Wildman–Crippen LogP) is -0.557. The van der Waals surface area contributed by atoms with E-state index in [1.807, 2.05) is 13.1 Å². The average molecular weight is 362 g/mol. The van der Waals surface area contributed by atoms with Gasteiger partial charge in [-0.25, -0.2) is 14.6 Å². The number of amides is 1. The Morgan fingerprint density at radius 2 is 2.12 bits per heavy atom. The highest BCUT2D eigenvalue weighted by Crippen LogP contribution is 2.27. The van der Waals surface area contributed by atoms with Gasteiger partial charge in [-0.05, 0) is 24.5 Å². The number of carbonyl (C=O) groups is 2. The van der Waals surface area contributed by atoms with E-state index in [0.717, 1.165) is 18.8 Å². The second-order valence-corrected chi connectivity index (χ2v) is 5.75. The number of carbonyl (C=O) groups excluding carboxylic acids is 1. The number of primary amides is 1. The Balaban J connectivity index is 0.000000758. The number of hydrogen-bond acceptors (Lipinski definition) is 7. The minimum Gasteiger partial charge on any atom is -0.483 e. The maximum absolute atomic E-state index is 11.1. The lowest BCUT2D eigenvalue weighted by Crippen LogP contribution is -2.15. The summed E-state index contributed by atoms with van der Waals surface area (Å²) in [6, 6.07) is 3.98. The number of nitrogens with two attached hydrogens (primary N) is 1. The van der Waals surface area contributed by atoms with Crippen molar-refractivity contribution in [3.63, 3.8) is 0 Å². The summed E-state index contributed by atoms with van der Waals surface area (Å²) in [5.41, 5.74) is 7.15. The summed E-state index contributed by atoms with van der Waals surface area (Å²) in [7, 11) is 2.01. The molecule has 1 aliphatic heterocycles. The van der Waals surface area contributed by atoms with Crippen LogP contribution in [0.1, 0.15) is 17.8 Å². The lowest BCUT2D eigenvalue weighted by Gasteiger charge is -2.12. The van der Waals surface area contributed by atoms with Crippen molar-refractivity contribution in [2.45, 2.75) is 25.8 Å². The monoisotopic (exact) mass is 362 g/mol. The number of nitrogens with zero attached hydrogens (tertiary/aromatic N) is 5. The second kappa shape index (κ2) is 8.90. The second-order valence-electron chi connectivity index (χ2n) is 5.75. The number of rotatable bonds is 6. The van der Waals surface area contributed by atoms with E-state index in [-0.39, 0.29) is 19.5 Å². The van der Waals surface area contributed by atoms with Crippen LogP contribution in [0.5, 0.6) is 0 Å². The zero-order valence-electron chi connectivity index (χ0n) is 14.5. The zero-order valence-corrected chi connectivity index (χ0v) is 14.5. The van der Waals surface area contributed by atoms with Gasteiger partial charge in [0, 0.05) is 26.7 Å². The van der Waals surface area contributed by atoms with Crippen LogP contribution in [0.4, 0.5) is 5.82 Å². The maximum Gasteiger partial charge on any atom is 0.290 e. The van der Waals surface area contributed by atoms with Gasteiger partial charge >= 0.3 is 0 Å². The Labute approximate surface area is 150 Å². The van der Waals surface area contributed by atoms with Crippen molar-refractivity contribution in [3.05, 3.63) is 23.5 Å². The van der Waals surface area contributed by atoms with E-state index >= 15 is 0 Å². The van der Waals surface area contributed by atoms with E-state index in [9.17, 15) is 4.79 Å². The van der Waals surface area contributed by atoms with E-state index in [4.69, 9.17) is 20.7 Å². The van der Waals surface area contributed by atoms with Crippen LogP contribution in [0.3, 0.4) is 0 Å². The molecule has 0 spiro atoms. The SMILES string of the molecule is CN1CCc2ccc(-c3nc(CC(N)=O)nn3CCCO)nc21.O=CO. The highest BCUT2D eigenvalue weighted by molar-refractivity contribution is 5.75. The van der Waals surface area contributed by atoms with E-state index in [1.54, 1.807) is 4.68 Å². The molecule has 10 nitrogen and oxygen atoms in total. The first kappa shape index (κ1) is 19.3. The molecule has 10 heteroatoms. The number of likely N-dealkylation sites (N-methyl/N-ethyl adjacent to an activating group) is 1. The fraction of sp³-hybridized carbons (Fsp3) is 0.438. The summed E-state index contributed by atoms with van der Waals surface area (Å²) in [4.78, 5) is 30.7. The lowest BCUT2D eigenvalue weighted by molar-refractivity contribution is -0.123. The van der Waals surface area contributed by atoms with Gasteiger partial charge in [0.15, 0.2) is 11.6 Å². The number of aryl methyl sites for hydroxylation is 1. The molecule has 1 aliphatic rings. The zero-order chi connectivity index (χ0) is 19.1. The molecule has 0 bridgehead atoms. The van der Waals surface area contributed by atoms with Gasteiger partial charge in [0.1, 0.15) is 11.5 Å². The van der Waals surface area contributed by atoms with Gasteiger partial charge in [0.05, 0.1) is 6.42 Å². The molecule has 1 amide bonds. The van der Waals surface area contributed by atoms with Crippen LogP contribution in [-0.2, 0) is 29.0 Å². The number of aliphatic hydroxyl groups excluding tert-OH is 1. The molecule has 0 atom stereocenters. The number of aromatic nitrogens is 4. The van der Waals surface area contributed by atoms with Crippen molar-refractivity contribution < 1.29 is 19.8 Å². The molecule has 0 saturated carbocycles. The molecular formula is C16H22N6O4. The summed E-state index contributed by atoms with van der Waals surface area (Å²) < 4.78 is 1.68. The lowest BCUT2D eigenvalue weighted by atomic mass is 10.2. The Morgan fingerprint density at radius 3 is 2.77 bits per heavy atom. The molecule has 0 radical (unpaired) electrons. The van der Waals surface area contributed by atoms with Crippen LogP contribution in [0.2, 0.25) is 0 Å². The highest BCUT2D eigenvalue weighted by Gasteiger charge is 2.20. The Morgan fingerprint density at radius 1 is 1.38 bits per heavy atom. The molecule has 2 aromatic heterocycles. The van der Waals surface area contributed by atoms with Crippen molar-refractivity contribution in [1.82, 2.24) is 19.7 Å². The molecule has 3 heterocycles. The van der Waals surface area contributed by atoms with Crippen LogP contribution < -0.4 is 10.6 Å². The third-order valence-electron chi connectivity index (χ3n) is 3.84. The summed E-state index contributed by atoms with van der Waals surface area (Å²) in [6.07, 6.45) is 1.53. The molecule has 140 valence electrons. The van der Waals surface area contributed by atoms with E-state index in [2.05, 4.69) is 26.0 Å². The van der Waals surface area contributed by atoms with Gasteiger partial charge in [0.25, 0.3) is 6.47 Å². The van der Waals surface area contributed by atoms with E-state index in [1.165, 1.54) is 5.56 Å². The number of carboxylic acid groups (broad SMARTS) is 1. The molecule has 3 rings (SSSR count). The molecule has 2 aromatic rings. The Kier molecular flexibility index (Phi) is 6.61. The van der Waals surface area contributed by atoms with Crippen LogP contribution in [0.25, 0.3) is 11.5 Å². The van der Waals surface area contributed by atoms with E-state index < -0.39 is 5.91 Å². The van der Waals surface area contributed by atoms with Crippen LogP contribution in [0.15, 0.2) is 12.1 Å². The van der Waals surface area contributed by atoms with Crippen LogP contribution in [0, 0.1) is 0 Å². The molecule has 0 saturated heterocycles. The van der Waals surface area contributed by atoms with Gasteiger partial charge in [-0.2, -0.15) is 5.10 Å². The smallest absolute Gasteiger partial charge is 0.290 e. The largest absolute Gasteiger partial charge is 0.483 e. The number of fused-ring (bicyclic) bond motifs is 1. The molecule has 0 aliphatic carbocycles. The maximum atomic E-state index is 11.1. The number of pyridine rings is 1. The first-order chi connectivity index (χ1) is 12.5. The highest BCUT2D eigenvalue weighted by atomic mass is 16.3. The molecule has 26 heavy (non-hydrogen) atoms. The molecule has 0 fully saturated rings. The fourth-order valence-corrected chi connectivity index (χ4v) is 2.71. The fourth-order valence-electron chi connectivity index (χ4n) is 2.71. The quantitative estimate of drug-likeness (QED) is 0.580. The molecule has 4 N–H and O–H groups in total. The van der Waals surface area contributed by atoms with Crippen LogP contribution in [-0.4, -0.2) is 62.5 Å². The Hall–Kier alpha value is -3.01.